The predicted octanol–water partition coefficient (Wildman–Crippen LogP) is 1.08. The van der Waals surface area contributed by atoms with Crippen LogP contribution in [0.5, 0.6) is 0 Å². The van der Waals surface area contributed by atoms with E-state index in [1.54, 1.807) is 20.8 Å². The van der Waals surface area contributed by atoms with E-state index < -0.39 is 35.1 Å². The Hall–Kier alpha value is -1.30. The van der Waals surface area contributed by atoms with Gasteiger partial charge in [0.1, 0.15) is 5.60 Å². The molecule has 0 aromatic rings. The van der Waals surface area contributed by atoms with Gasteiger partial charge in [-0.3, -0.25) is 4.79 Å². The minimum Gasteiger partial charge on any atom is -0.481 e. The molecular weight excluding hydrogens is 250 g/mol. The lowest BCUT2D eigenvalue weighted by Gasteiger charge is -2.44. The molecule has 1 unspecified atom stereocenters. The molecule has 2 N–H and O–H groups in total. The van der Waals surface area contributed by atoms with E-state index in [-0.39, 0.29) is 6.54 Å². The number of aliphatic hydroxyl groups is 1. The third kappa shape index (κ3) is 2.68. The summed E-state index contributed by atoms with van der Waals surface area (Å²) in [7, 11) is 0. The molecule has 6 heteroatoms. The Morgan fingerprint density at radius 2 is 1.89 bits per heavy atom. The fourth-order valence-corrected chi connectivity index (χ4v) is 3.07. The first-order valence-corrected chi connectivity index (χ1v) is 6.52. The average molecular weight is 271 g/mol. The van der Waals surface area contributed by atoms with Crippen LogP contribution in [0.15, 0.2) is 0 Å². The smallest absolute Gasteiger partial charge is 0.410 e. The van der Waals surface area contributed by atoms with Crippen LogP contribution < -0.4 is 0 Å². The molecule has 6 nitrogen and oxygen atoms in total. The normalized spacial score (nSPS) is 34.2. The number of carbonyl (C=O) groups excluding carboxylic acids is 1. The second kappa shape index (κ2) is 4.37. The van der Waals surface area contributed by atoms with Crippen LogP contribution in [-0.4, -0.2) is 52.0 Å². The average Bonchev–Trinajstić information content (AvgIpc) is 2.55. The lowest BCUT2D eigenvalue weighted by atomic mass is 9.61. The summed E-state index contributed by atoms with van der Waals surface area (Å²) < 4.78 is 5.27. The summed E-state index contributed by atoms with van der Waals surface area (Å²) in [5.41, 5.74) is -1.06. The van der Waals surface area contributed by atoms with Crippen molar-refractivity contribution in [2.75, 3.05) is 13.1 Å². The molecule has 1 saturated heterocycles. The standard InChI is InChI=1S/C13H21NO5/c1-12(2,3)19-11(18)14-6-9(10(16)17)13(7-14)4-8(15)5-13/h8-9,15H,4-7H2,1-3H3,(H,16,17). The van der Waals surface area contributed by atoms with Gasteiger partial charge in [-0.25, -0.2) is 4.79 Å². The van der Waals surface area contributed by atoms with Crippen molar-refractivity contribution in [2.24, 2.45) is 11.3 Å². The maximum Gasteiger partial charge on any atom is 0.410 e. The molecule has 1 heterocycles. The summed E-state index contributed by atoms with van der Waals surface area (Å²) in [5, 5.41) is 18.7. The van der Waals surface area contributed by atoms with Crippen molar-refractivity contribution in [2.45, 2.75) is 45.3 Å². The number of carboxylic acid groups (broad SMARTS) is 1. The van der Waals surface area contributed by atoms with Crippen LogP contribution in [0.1, 0.15) is 33.6 Å². The summed E-state index contributed by atoms with van der Waals surface area (Å²) in [6.45, 7) is 5.85. The molecular formula is C13H21NO5. The molecule has 1 atom stereocenters. The molecule has 1 aliphatic carbocycles. The summed E-state index contributed by atoms with van der Waals surface area (Å²) in [4.78, 5) is 24.8. The number of nitrogens with zero attached hydrogens (tertiary/aromatic N) is 1. The molecule has 108 valence electrons. The quantitative estimate of drug-likeness (QED) is 0.745. The van der Waals surface area contributed by atoms with Crippen LogP contribution >= 0.6 is 0 Å². The van der Waals surface area contributed by atoms with E-state index in [1.807, 2.05) is 0 Å². The highest BCUT2D eigenvalue weighted by molar-refractivity contribution is 5.75. The van der Waals surface area contributed by atoms with E-state index in [2.05, 4.69) is 0 Å². The SMILES string of the molecule is CC(C)(C)OC(=O)N1CC(C(=O)O)C2(CC(O)C2)C1. The van der Waals surface area contributed by atoms with Gasteiger partial charge >= 0.3 is 12.1 Å². The Morgan fingerprint density at radius 3 is 2.32 bits per heavy atom. The number of hydrogen-bond donors (Lipinski definition) is 2. The lowest BCUT2D eigenvalue weighted by Crippen LogP contribution is -2.49. The van der Waals surface area contributed by atoms with E-state index in [0.29, 0.717) is 19.4 Å². The molecule has 1 aliphatic heterocycles. The molecule has 1 saturated carbocycles. The second-order valence-electron chi connectivity index (χ2n) is 6.68. The second-order valence-corrected chi connectivity index (χ2v) is 6.68. The van der Waals surface area contributed by atoms with Crippen molar-refractivity contribution < 1.29 is 24.5 Å². The molecule has 19 heavy (non-hydrogen) atoms. The number of carbonyl (C=O) groups is 2. The third-order valence-corrected chi connectivity index (χ3v) is 3.88. The van der Waals surface area contributed by atoms with E-state index in [9.17, 15) is 19.8 Å². The van der Waals surface area contributed by atoms with Crippen LogP contribution in [0.3, 0.4) is 0 Å². The maximum absolute atomic E-state index is 12.0. The minimum atomic E-state index is -0.905. The molecule has 0 aromatic heterocycles. The number of ether oxygens (including phenoxy) is 1. The van der Waals surface area contributed by atoms with E-state index in [4.69, 9.17) is 4.74 Å². The molecule has 2 rings (SSSR count). The largest absolute Gasteiger partial charge is 0.481 e. The van der Waals surface area contributed by atoms with E-state index in [0.717, 1.165) is 0 Å². The summed E-state index contributed by atoms with van der Waals surface area (Å²) in [6.07, 6.45) is -0.0237. The Bertz CT molecular complexity index is 394. The van der Waals surface area contributed by atoms with Gasteiger partial charge in [0.05, 0.1) is 12.0 Å². The Kier molecular flexibility index (Phi) is 3.24. The number of aliphatic carboxylic acids is 1. The third-order valence-electron chi connectivity index (χ3n) is 3.88. The van der Waals surface area contributed by atoms with Crippen molar-refractivity contribution in [1.82, 2.24) is 4.90 Å². The van der Waals surface area contributed by atoms with Crippen molar-refractivity contribution in [1.29, 1.82) is 0 Å². The van der Waals surface area contributed by atoms with Gasteiger partial charge < -0.3 is 19.8 Å². The highest BCUT2D eigenvalue weighted by Crippen LogP contribution is 2.52. The monoisotopic (exact) mass is 271 g/mol. The molecule has 0 aromatic carbocycles. The van der Waals surface area contributed by atoms with Gasteiger partial charge in [-0.15, -0.1) is 0 Å². The Balaban J connectivity index is 2.07. The van der Waals surface area contributed by atoms with Gasteiger partial charge in [-0.05, 0) is 33.6 Å². The van der Waals surface area contributed by atoms with Gasteiger partial charge in [-0.1, -0.05) is 0 Å². The van der Waals surface area contributed by atoms with Crippen LogP contribution in [0.4, 0.5) is 4.79 Å². The van der Waals surface area contributed by atoms with Crippen molar-refractivity contribution >= 4 is 12.1 Å². The van der Waals surface area contributed by atoms with Crippen molar-refractivity contribution in [3.8, 4) is 0 Å². The van der Waals surface area contributed by atoms with Crippen molar-refractivity contribution in [3.05, 3.63) is 0 Å². The number of rotatable bonds is 1. The Morgan fingerprint density at radius 1 is 1.32 bits per heavy atom. The molecule has 1 spiro atoms. The molecule has 0 radical (unpaired) electrons. The highest BCUT2D eigenvalue weighted by Gasteiger charge is 2.58. The van der Waals surface area contributed by atoms with Gasteiger partial charge in [0.25, 0.3) is 0 Å². The fourth-order valence-electron chi connectivity index (χ4n) is 3.07. The number of aliphatic hydroxyl groups excluding tert-OH is 1. The molecule has 2 aliphatic rings. The predicted molar refractivity (Wildman–Crippen MR) is 66.6 cm³/mol. The zero-order chi connectivity index (χ0) is 14.4. The van der Waals surface area contributed by atoms with Crippen LogP contribution in [0, 0.1) is 11.3 Å². The summed E-state index contributed by atoms with van der Waals surface area (Å²) >= 11 is 0. The zero-order valence-electron chi connectivity index (χ0n) is 11.5. The number of hydrogen-bond acceptors (Lipinski definition) is 4. The number of amides is 1. The molecule has 0 bridgehead atoms. The zero-order valence-corrected chi connectivity index (χ0v) is 11.5. The van der Waals surface area contributed by atoms with Crippen LogP contribution in [0.25, 0.3) is 0 Å². The van der Waals surface area contributed by atoms with Gasteiger partial charge in [-0.2, -0.15) is 0 Å². The van der Waals surface area contributed by atoms with Crippen molar-refractivity contribution in [3.63, 3.8) is 0 Å². The summed E-state index contributed by atoms with van der Waals surface area (Å²) in [5.74, 6) is -1.51. The molecule has 1 amide bonds. The van der Waals surface area contributed by atoms with Gasteiger partial charge in [0.15, 0.2) is 0 Å². The van der Waals surface area contributed by atoms with Gasteiger partial charge in [0, 0.05) is 18.5 Å². The summed E-state index contributed by atoms with van der Waals surface area (Å²) in [6, 6.07) is 0. The van der Waals surface area contributed by atoms with Gasteiger partial charge in [0.2, 0.25) is 0 Å². The lowest BCUT2D eigenvalue weighted by molar-refractivity contribution is -0.150. The maximum atomic E-state index is 12.0. The fraction of sp³-hybridized carbons (Fsp3) is 0.846. The molecule has 2 fully saturated rings. The minimum absolute atomic E-state index is 0.164. The number of likely N-dealkylation sites (tertiary alicyclic amines) is 1. The first-order chi connectivity index (χ1) is 8.63. The number of carboxylic acids is 1. The van der Waals surface area contributed by atoms with Crippen LogP contribution in [0.2, 0.25) is 0 Å². The van der Waals surface area contributed by atoms with Crippen LogP contribution in [-0.2, 0) is 9.53 Å². The van der Waals surface area contributed by atoms with E-state index >= 15 is 0 Å². The highest BCUT2D eigenvalue weighted by atomic mass is 16.6. The first kappa shape index (κ1) is 14.1. The first-order valence-electron chi connectivity index (χ1n) is 6.52. The Labute approximate surface area is 112 Å². The topological polar surface area (TPSA) is 87.1 Å². The van der Waals surface area contributed by atoms with E-state index in [1.165, 1.54) is 4.90 Å².